The molecule has 6 nitrogen and oxygen atoms in total. The summed E-state index contributed by atoms with van der Waals surface area (Å²) in [5.74, 6) is -0.471. The van der Waals surface area contributed by atoms with Gasteiger partial charge in [0.2, 0.25) is 5.91 Å². The van der Waals surface area contributed by atoms with Crippen molar-refractivity contribution in [1.82, 2.24) is 4.72 Å². The fourth-order valence-corrected chi connectivity index (χ4v) is 2.89. The van der Waals surface area contributed by atoms with Crippen molar-refractivity contribution in [1.29, 1.82) is 0 Å². The van der Waals surface area contributed by atoms with E-state index in [4.69, 9.17) is 10.5 Å². The van der Waals surface area contributed by atoms with E-state index < -0.39 is 15.9 Å². The van der Waals surface area contributed by atoms with Crippen molar-refractivity contribution < 1.29 is 17.9 Å². The van der Waals surface area contributed by atoms with Crippen LogP contribution in [0.25, 0.3) is 0 Å². The summed E-state index contributed by atoms with van der Waals surface area (Å²) in [5, 5.41) is 0. The molecular weight excluding hydrogens is 268 g/mol. The van der Waals surface area contributed by atoms with Crippen molar-refractivity contribution in [3.63, 3.8) is 0 Å². The smallest absolute Gasteiger partial charge is 0.267 e. The van der Waals surface area contributed by atoms with Crippen molar-refractivity contribution in [3.05, 3.63) is 23.8 Å². The van der Waals surface area contributed by atoms with E-state index in [9.17, 15) is 13.2 Å². The van der Waals surface area contributed by atoms with Crippen LogP contribution in [0, 0.1) is 0 Å². The first-order valence-corrected chi connectivity index (χ1v) is 7.20. The minimum Gasteiger partial charge on any atom is -0.495 e. The lowest BCUT2D eigenvalue weighted by molar-refractivity contribution is -0.117. The maximum atomic E-state index is 12.0. The van der Waals surface area contributed by atoms with Crippen molar-refractivity contribution in [3.8, 4) is 5.75 Å². The van der Waals surface area contributed by atoms with Crippen LogP contribution in [0.4, 0.5) is 0 Å². The van der Waals surface area contributed by atoms with E-state index in [2.05, 4.69) is 0 Å². The lowest BCUT2D eigenvalue weighted by Crippen LogP contribution is -2.28. The van der Waals surface area contributed by atoms with E-state index in [1.807, 2.05) is 11.6 Å². The molecule has 7 heteroatoms. The molecule has 0 fully saturated rings. The number of hydrogen-bond acceptors (Lipinski definition) is 5. The molecule has 0 saturated heterocycles. The molecule has 3 N–H and O–H groups in total. The van der Waals surface area contributed by atoms with Crippen LogP contribution in [0.3, 0.4) is 0 Å². The molecule has 0 aromatic heterocycles. The standard InChI is InChI=1S/C12H18N2O4S/c1-8(13)6-10-4-5-11(18-3)12(7-10)19(16,17)14-9(2)15/h4-5,7-8H,6,13H2,1-3H3,(H,14,15)/t8-/m0/s1. The van der Waals surface area contributed by atoms with Gasteiger partial charge in [-0.3, -0.25) is 4.79 Å². The molecule has 1 amide bonds. The zero-order valence-corrected chi connectivity index (χ0v) is 12.0. The maximum absolute atomic E-state index is 12.0. The summed E-state index contributed by atoms with van der Waals surface area (Å²) in [7, 11) is -2.56. The van der Waals surface area contributed by atoms with Crippen LogP contribution in [0.2, 0.25) is 0 Å². The molecular formula is C12H18N2O4S. The number of benzene rings is 1. The molecule has 1 atom stereocenters. The zero-order valence-electron chi connectivity index (χ0n) is 11.1. The van der Waals surface area contributed by atoms with Crippen LogP contribution >= 0.6 is 0 Å². The zero-order chi connectivity index (χ0) is 14.6. The van der Waals surface area contributed by atoms with Gasteiger partial charge in [-0.15, -0.1) is 0 Å². The molecule has 1 rings (SSSR count). The second-order valence-corrected chi connectivity index (χ2v) is 5.98. The van der Waals surface area contributed by atoms with Crippen LogP contribution in [0.1, 0.15) is 19.4 Å². The predicted molar refractivity (Wildman–Crippen MR) is 71.3 cm³/mol. The SMILES string of the molecule is COc1ccc(C[C@H](C)N)cc1S(=O)(=O)NC(C)=O. The summed E-state index contributed by atoms with van der Waals surface area (Å²) >= 11 is 0. The number of hydrogen-bond donors (Lipinski definition) is 2. The molecule has 0 heterocycles. The number of carbonyl (C=O) groups excluding carboxylic acids is 1. The van der Waals surface area contributed by atoms with Crippen LogP contribution in [0.15, 0.2) is 23.1 Å². The third-order valence-electron chi connectivity index (χ3n) is 2.35. The number of ether oxygens (including phenoxy) is 1. The van der Waals surface area contributed by atoms with E-state index >= 15 is 0 Å². The fraction of sp³-hybridized carbons (Fsp3) is 0.417. The minimum absolute atomic E-state index is 0.0663. The van der Waals surface area contributed by atoms with Gasteiger partial charge in [-0.25, -0.2) is 13.1 Å². The average Bonchev–Trinajstić information content (AvgIpc) is 2.26. The minimum atomic E-state index is -3.93. The Bertz CT molecular complexity index is 567. The Morgan fingerprint density at radius 3 is 2.58 bits per heavy atom. The molecule has 1 aromatic rings. The Morgan fingerprint density at radius 1 is 1.47 bits per heavy atom. The Hall–Kier alpha value is -1.60. The van der Waals surface area contributed by atoms with E-state index in [0.717, 1.165) is 12.5 Å². The Labute approximate surface area is 113 Å². The van der Waals surface area contributed by atoms with Crippen molar-refractivity contribution in [2.24, 2.45) is 5.73 Å². The molecule has 0 radical (unpaired) electrons. The third-order valence-corrected chi connectivity index (χ3v) is 3.81. The second kappa shape index (κ2) is 6.03. The van der Waals surface area contributed by atoms with Crippen molar-refractivity contribution in [2.75, 3.05) is 7.11 Å². The highest BCUT2D eigenvalue weighted by atomic mass is 32.2. The molecule has 19 heavy (non-hydrogen) atoms. The summed E-state index contributed by atoms with van der Waals surface area (Å²) in [6.07, 6.45) is 0.534. The first-order valence-electron chi connectivity index (χ1n) is 5.72. The van der Waals surface area contributed by atoms with E-state index in [1.54, 1.807) is 12.1 Å². The summed E-state index contributed by atoms with van der Waals surface area (Å²) in [6.45, 7) is 2.96. The fourth-order valence-electron chi connectivity index (χ4n) is 1.67. The first-order chi connectivity index (χ1) is 8.76. The number of carbonyl (C=O) groups is 1. The summed E-state index contributed by atoms with van der Waals surface area (Å²) in [5.41, 5.74) is 6.45. The number of amides is 1. The summed E-state index contributed by atoms with van der Waals surface area (Å²) in [4.78, 5) is 10.9. The second-order valence-electron chi connectivity index (χ2n) is 4.33. The highest BCUT2D eigenvalue weighted by Gasteiger charge is 2.21. The number of sulfonamides is 1. The number of nitrogens with two attached hydrogens (primary N) is 1. The van der Waals surface area contributed by atoms with Gasteiger partial charge in [0.1, 0.15) is 10.6 Å². The van der Waals surface area contributed by atoms with Gasteiger partial charge in [-0.05, 0) is 31.0 Å². The normalized spacial score (nSPS) is 12.8. The van der Waals surface area contributed by atoms with Crippen molar-refractivity contribution >= 4 is 15.9 Å². The third kappa shape index (κ3) is 4.22. The molecule has 0 aliphatic rings. The Kier molecular flexibility index (Phi) is 4.90. The topological polar surface area (TPSA) is 98.5 Å². The van der Waals surface area contributed by atoms with Gasteiger partial charge in [0.25, 0.3) is 10.0 Å². The molecule has 0 aliphatic heterocycles. The van der Waals surface area contributed by atoms with Crippen LogP contribution in [-0.2, 0) is 21.2 Å². The van der Waals surface area contributed by atoms with Crippen LogP contribution in [0.5, 0.6) is 5.75 Å². The van der Waals surface area contributed by atoms with Crippen molar-refractivity contribution in [2.45, 2.75) is 31.2 Å². The van der Waals surface area contributed by atoms with E-state index in [-0.39, 0.29) is 16.7 Å². The van der Waals surface area contributed by atoms with Gasteiger partial charge >= 0.3 is 0 Å². The lowest BCUT2D eigenvalue weighted by atomic mass is 10.1. The largest absolute Gasteiger partial charge is 0.495 e. The van der Waals surface area contributed by atoms with Gasteiger partial charge in [-0.2, -0.15) is 0 Å². The van der Waals surface area contributed by atoms with Gasteiger partial charge in [0.15, 0.2) is 0 Å². The quantitative estimate of drug-likeness (QED) is 0.817. The van der Waals surface area contributed by atoms with Gasteiger partial charge in [0.05, 0.1) is 7.11 Å². The van der Waals surface area contributed by atoms with Gasteiger partial charge in [0, 0.05) is 13.0 Å². The first kappa shape index (κ1) is 15.5. The average molecular weight is 286 g/mol. The lowest BCUT2D eigenvalue weighted by Gasteiger charge is -2.12. The van der Waals surface area contributed by atoms with E-state index in [0.29, 0.717) is 6.42 Å². The molecule has 0 spiro atoms. The predicted octanol–water partition coefficient (Wildman–Crippen LogP) is 0.410. The molecule has 0 aliphatic carbocycles. The van der Waals surface area contributed by atoms with Gasteiger partial charge < -0.3 is 10.5 Å². The Morgan fingerprint density at radius 2 is 2.11 bits per heavy atom. The number of nitrogens with one attached hydrogen (secondary N) is 1. The monoisotopic (exact) mass is 286 g/mol. The summed E-state index contributed by atoms with van der Waals surface area (Å²) in [6, 6.07) is 4.67. The molecule has 0 bridgehead atoms. The maximum Gasteiger partial charge on any atom is 0.267 e. The molecule has 106 valence electrons. The Balaban J connectivity index is 3.26. The highest BCUT2D eigenvalue weighted by Crippen LogP contribution is 2.25. The highest BCUT2D eigenvalue weighted by molar-refractivity contribution is 7.90. The number of rotatable bonds is 5. The number of methoxy groups -OCH3 is 1. The molecule has 0 saturated carbocycles. The van der Waals surface area contributed by atoms with Crippen LogP contribution in [-0.4, -0.2) is 27.5 Å². The molecule has 1 aromatic carbocycles. The van der Waals surface area contributed by atoms with E-state index in [1.165, 1.54) is 13.2 Å². The molecule has 0 unspecified atom stereocenters. The van der Waals surface area contributed by atoms with Crippen LogP contribution < -0.4 is 15.2 Å². The summed E-state index contributed by atoms with van der Waals surface area (Å²) < 4.78 is 31.0. The van der Waals surface area contributed by atoms with Gasteiger partial charge in [-0.1, -0.05) is 6.07 Å².